The van der Waals surface area contributed by atoms with Crippen molar-refractivity contribution in [3.8, 4) is 11.3 Å². The van der Waals surface area contributed by atoms with E-state index in [9.17, 15) is 13.2 Å². The Balaban J connectivity index is 0.00000218. The minimum atomic E-state index is -4.45. The number of fused-ring (bicyclic) bond motifs is 1. The molecule has 1 spiro atoms. The summed E-state index contributed by atoms with van der Waals surface area (Å²) < 4.78 is 40.1. The number of nitrogens with one attached hydrogen (secondary N) is 1. The molecule has 3 heterocycles. The molecule has 1 saturated carbocycles. The molecule has 1 N–H and O–H groups in total. The summed E-state index contributed by atoms with van der Waals surface area (Å²) in [7, 11) is 0. The van der Waals surface area contributed by atoms with Crippen LogP contribution >= 0.6 is 12.4 Å². The second-order valence-electron chi connectivity index (χ2n) is 7.75. The van der Waals surface area contributed by atoms with Crippen LogP contribution in [0.5, 0.6) is 0 Å². The van der Waals surface area contributed by atoms with E-state index in [2.05, 4.69) is 20.1 Å². The van der Waals surface area contributed by atoms with Gasteiger partial charge in [0.1, 0.15) is 11.3 Å². The van der Waals surface area contributed by atoms with Gasteiger partial charge in [0.2, 0.25) is 0 Å². The number of halogens is 4. The number of imidazole rings is 1. The van der Waals surface area contributed by atoms with Gasteiger partial charge in [0.25, 0.3) is 0 Å². The van der Waals surface area contributed by atoms with E-state index in [-0.39, 0.29) is 29.3 Å². The summed E-state index contributed by atoms with van der Waals surface area (Å²) in [5.74, 6) is 0.566. The molecule has 2 aromatic heterocycles. The van der Waals surface area contributed by atoms with Crippen molar-refractivity contribution in [1.82, 2.24) is 15.0 Å². The fraction of sp³-hybridized carbons (Fsp3) is 0.381. The molecule has 158 valence electrons. The summed E-state index contributed by atoms with van der Waals surface area (Å²) in [6.07, 6.45) is 1.69. The summed E-state index contributed by atoms with van der Waals surface area (Å²) in [6.45, 7) is 0. The standard InChI is InChI=1S/C21H19F3N4O.ClH/c22-21(23,24)14-7-3-2-6-13(14)15-8-9-16-18(25-15)27-19(26-16)17-12-20(29-28-17)10-4-1-5-11-20;/h2-3,6-9H,1,4-5,10-12H2,(H,25,26,27);1H. The zero-order valence-electron chi connectivity index (χ0n) is 16.0. The molecule has 5 rings (SSSR count). The summed E-state index contributed by atoms with van der Waals surface area (Å²) in [4.78, 5) is 17.8. The maximum atomic E-state index is 13.4. The lowest BCUT2D eigenvalue weighted by molar-refractivity contribution is -0.137. The molecule has 1 aliphatic heterocycles. The lowest BCUT2D eigenvalue weighted by atomic mass is 9.81. The van der Waals surface area contributed by atoms with Crippen LogP contribution in [0.15, 0.2) is 41.6 Å². The number of alkyl halides is 3. The van der Waals surface area contributed by atoms with E-state index >= 15 is 0 Å². The first-order chi connectivity index (χ1) is 13.9. The molecule has 0 bridgehead atoms. The van der Waals surface area contributed by atoms with Gasteiger partial charge in [-0.3, -0.25) is 0 Å². The molecular weight excluding hydrogens is 417 g/mol. The molecule has 0 saturated heterocycles. The number of hydrogen-bond acceptors (Lipinski definition) is 4. The van der Waals surface area contributed by atoms with Gasteiger partial charge in [0, 0.05) is 12.0 Å². The Labute approximate surface area is 177 Å². The van der Waals surface area contributed by atoms with E-state index in [0.29, 0.717) is 23.4 Å². The Morgan fingerprint density at radius 2 is 1.73 bits per heavy atom. The number of aromatic nitrogens is 3. The Morgan fingerprint density at radius 1 is 0.967 bits per heavy atom. The first-order valence-electron chi connectivity index (χ1n) is 9.72. The van der Waals surface area contributed by atoms with Gasteiger partial charge < -0.3 is 9.82 Å². The SMILES string of the molecule is Cl.FC(F)(F)c1ccccc1-c1ccc2[nH]c(C3=NOC4(CCCCC4)C3)nc2n1. The molecule has 1 aromatic carbocycles. The van der Waals surface area contributed by atoms with E-state index in [1.807, 2.05) is 0 Å². The van der Waals surface area contributed by atoms with Crippen LogP contribution in [-0.4, -0.2) is 26.3 Å². The zero-order valence-corrected chi connectivity index (χ0v) is 16.8. The van der Waals surface area contributed by atoms with Gasteiger partial charge in [-0.05, 0) is 43.9 Å². The number of oxime groups is 1. The monoisotopic (exact) mass is 436 g/mol. The van der Waals surface area contributed by atoms with Crippen molar-refractivity contribution in [2.45, 2.75) is 50.3 Å². The second kappa shape index (κ2) is 7.58. The average Bonchev–Trinajstić information content (AvgIpc) is 3.32. The zero-order chi connectivity index (χ0) is 20.1. The number of benzene rings is 1. The van der Waals surface area contributed by atoms with Crippen LogP contribution in [0.25, 0.3) is 22.4 Å². The van der Waals surface area contributed by atoms with Gasteiger partial charge in [-0.1, -0.05) is 29.8 Å². The molecule has 1 aliphatic carbocycles. The Bertz CT molecular complexity index is 1100. The molecule has 5 nitrogen and oxygen atoms in total. The lowest BCUT2D eigenvalue weighted by Crippen LogP contribution is -2.31. The number of nitrogens with zero attached hydrogens (tertiary/aromatic N) is 3. The number of rotatable bonds is 2. The van der Waals surface area contributed by atoms with E-state index in [0.717, 1.165) is 37.5 Å². The maximum Gasteiger partial charge on any atom is 0.417 e. The molecule has 0 amide bonds. The van der Waals surface area contributed by atoms with E-state index in [4.69, 9.17) is 4.84 Å². The smallest absolute Gasteiger partial charge is 0.388 e. The van der Waals surface area contributed by atoms with Gasteiger partial charge in [-0.15, -0.1) is 12.4 Å². The molecule has 0 radical (unpaired) electrons. The largest absolute Gasteiger partial charge is 0.417 e. The van der Waals surface area contributed by atoms with E-state index in [1.54, 1.807) is 18.2 Å². The van der Waals surface area contributed by atoms with Crippen LogP contribution in [0.3, 0.4) is 0 Å². The third-order valence-corrected chi connectivity index (χ3v) is 5.73. The Hall–Kier alpha value is -2.61. The lowest BCUT2D eigenvalue weighted by Gasteiger charge is -2.30. The van der Waals surface area contributed by atoms with Crippen molar-refractivity contribution in [2.24, 2.45) is 5.16 Å². The third kappa shape index (κ3) is 3.64. The highest BCUT2D eigenvalue weighted by atomic mass is 35.5. The third-order valence-electron chi connectivity index (χ3n) is 5.73. The molecule has 1 fully saturated rings. The Morgan fingerprint density at radius 3 is 2.50 bits per heavy atom. The molecule has 9 heteroatoms. The molecule has 2 aliphatic rings. The molecule has 0 atom stereocenters. The number of hydrogen-bond donors (Lipinski definition) is 1. The van der Waals surface area contributed by atoms with Gasteiger partial charge in [-0.2, -0.15) is 13.2 Å². The predicted molar refractivity (Wildman–Crippen MR) is 110 cm³/mol. The second-order valence-corrected chi connectivity index (χ2v) is 7.75. The molecule has 30 heavy (non-hydrogen) atoms. The summed E-state index contributed by atoms with van der Waals surface area (Å²) in [6, 6.07) is 8.70. The van der Waals surface area contributed by atoms with Crippen LogP contribution in [0, 0.1) is 0 Å². The number of H-pyrrole nitrogens is 1. The van der Waals surface area contributed by atoms with Crippen LogP contribution in [0.2, 0.25) is 0 Å². The van der Waals surface area contributed by atoms with Crippen molar-refractivity contribution in [3.05, 3.63) is 47.8 Å². The molecule has 3 aromatic rings. The highest BCUT2D eigenvalue weighted by Crippen LogP contribution is 2.39. The van der Waals surface area contributed by atoms with Crippen molar-refractivity contribution in [1.29, 1.82) is 0 Å². The molecular formula is C21H20ClF3N4O. The summed E-state index contributed by atoms with van der Waals surface area (Å²) in [5.41, 5.74) is 1.09. The minimum Gasteiger partial charge on any atom is -0.388 e. The average molecular weight is 437 g/mol. The number of aromatic amines is 1. The normalized spacial score (nSPS) is 18.2. The Kier molecular flexibility index (Phi) is 5.22. The summed E-state index contributed by atoms with van der Waals surface area (Å²) >= 11 is 0. The fourth-order valence-corrected chi connectivity index (χ4v) is 4.25. The topological polar surface area (TPSA) is 63.2 Å². The quantitative estimate of drug-likeness (QED) is 0.544. The van der Waals surface area contributed by atoms with Gasteiger partial charge in [0.05, 0.1) is 16.8 Å². The van der Waals surface area contributed by atoms with Crippen molar-refractivity contribution in [3.63, 3.8) is 0 Å². The fourth-order valence-electron chi connectivity index (χ4n) is 4.25. The van der Waals surface area contributed by atoms with Crippen LogP contribution in [0.1, 0.15) is 49.9 Å². The first-order valence-corrected chi connectivity index (χ1v) is 9.72. The highest BCUT2D eigenvalue weighted by molar-refractivity contribution is 6.00. The van der Waals surface area contributed by atoms with Crippen molar-refractivity contribution in [2.75, 3.05) is 0 Å². The molecule has 0 unspecified atom stereocenters. The van der Waals surface area contributed by atoms with E-state index < -0.39 is 11.7 Å². The highest BCUT2D eigenvalue weighted by Gasteiger charge is 2.41. The predicted octanol–water partition coefficient (Wildman–Crippen LogP) is 5.89. The van der Waals surface area contributed by atoms with E-state index in [1.165, 1.54) is 18.6 Å². The summed E-state index contributed by atoms with van der Waals surface area (Å²) in [5, 5.41) is 4.25. The van der Waals surface area contributed by atoms with Gasteiger partial charge >= 0.3 is 6.18 Å². The minimum absolute atomic E-state index is 0. The van der Waals surface area contributed by atoms with Crippen molar-refractivity contribution < 1.29 is 18.0 Å². The van der Waals surface area contributed by atoms with Crippen LogP contribution in [0.4, 0.5) is 13.2 Å². The van der Waals surface area contributed by atoms with Gasteiger partial charge in [-0.25, -0.2) is 9.97 Å². The van der Waals surface area contributed by atoms with Crippen LogP contribution < -0.4 is 0 Å². The number of pyridine rings is 1. The van der Waals surface area contributed by atoms with Crippen molar-refractivity contribution >= 4 is 29.3 Å². The first kappa shape index (κ1) is 20.7. The van der Waals surface area contributed by atoms with Crippen LogP contribution in [-0.2, 0) is 11.0 Å². The van der Waals surface area contributed by atoms with Gasteiger partial charge in [0.15, 0.2) is 11.5 Å². The maximum absolute atomic E-state index is 13.4.